The molecule has 1 N–H and O–H groups in total. The molecule has 0 saturated carbocycles. The Morgan fingerprint density at radius 2 is 1.58 bits per heavy atom. The van der Waals surface area contributed by atoms with Gasteiger partial charge < -0.3 is 10.0 Å². The van der Waals surface area contributed by atoms with E-state index in [0.29, 0.717) is 5.56 Å². The number of phenols is 1. The van der Waals surface area contributed by atoms with Gasteiger partial charge in [-0.3, -0.25) is 4.79 Å². The van der Waals surface area contributed by atoms with Crippen LogP contribution < -0.4 is 4.90 Å². The third kappa shape index (κ3) is 3.36. The second kappa shape index (κ2) is 5.75. The van der Waals surface area contributed by atoms with Crippen molar-refractivity contribution in [1.82, 2.24) is 0 Å². The maximum atomic E-state index is 12.4. The van der Waals surface area contributed by atoms with E-state index in [2.05, 4.69) is 31.9 Å². The van der Waals surface area contributed by atoms with Crippen LogP contribution in [0.1, 0.15) is 10.4 Å². The van der Waals surface area contributed by atoms with Gasteiger partial charge in [-0.1, -0.05) is 31.9 Å². The summed E-state index contributed by atoms with van der Waals surface area (Å²) in [4.78, 5) is 13.9. The summed E-state index contributed by atoms with van der Waals surface area (Å²) in [6.45, 7) is 0. The molecule has 0 spiro atoms. The summed E-state index contributed by atoms with van der Waals surface area (Å²) in [6.07, 6.45) is 0. The van der Waals surface area contributed by atoms with Crippen LogP contribution >= 0.6 is 31.9 Å². The second-order valence-electron chi connectivity index (χ2n) is 4.04. The van der Waals surface area contributed by atoms with Gasteiger partial charge in [-0.2, -0.15) is 0 Å². The summed E-state index contributed by atoms with van der Waals surface area (Å²) in [7, 11) is 1.70. The number of halogens is 2. The van der Waals surface area contributed by atoms with Gasteiger partial charge >= 0.3 is 0 Å². The summed E-state index contributed by atoms with van der Waals surface area (Å²) in [5.41, 5.74) is 1.30. The zero-order valence-corrected chi connectivity index (χ0v) is 13.3. The second-order valence-corrected chi connectivity index (χ2v) is 5.87. The lowest BCUT2D eigenvalue weighted by Gasteiger charge is -2.17. The maximum absolute atomic E-state index is 12.4. The highest BCUT2D eigenvalue weighted by atomic mass is 79.9. The molecule has 1 amide bonds. The Kier molecular flexibility index (Phi) is 4.27. The highest BCUT2D eigenvalue weighted by Crippen LogP contribution is 2.23. The van der Waals surface area contributed by atoms with Crippen LogP contribution in [0.3, 0.4) is 0 Å². The molecule has 0 aliphatic heterocycles. The zero-order valence-electron chi connectivity index (χ0n) is 10.1. The van der Waals surface area contributed by atoms with E-state index < -0.39 is 0 Å². The van der Waals surface area contributed by atoms with Crippen LogP contribution in [0, 0.1) is 0 Å². The lowest BCUT2D eigenvalue weighted by molar-refractivity contribution is 0.0993. The molecule has 0 bridgehead atoms. The number of rotatable bonds is 2. The van der Waals surface area contributed by atoms with Crippen molar-refractivity contribution in [1.29, 1.82) is 0 Å². The molecule has 2 rings (SSSR count). The first kappa shape index (κ1) is 14.1. The van der Waals surface area contributed by atoms with Crippen LogP contribution in [0.4, 0.5) is 5.69 Å². The smallest absolute Gasteiger partial charge is 0.258 e. The largest absolute Gasteiger partial charge is 0.508 e. The number of anilines is 1. The molecule has 0 atom stereocenters. The van der Waals surface area contributed by atoms with Gasteiger partial charge in [-0.15, -0.1) is 0 Å². The van der Waals surface area contributed by atoms with Crippen LogP contribution in [0.25, 0.3) is 0 Å². The van der Waals surface area contributed by atoms with Crippen molar-refractivity contribution in [3.63, 3.8) is 0 Å². The quantitative estimate of drug-likeness (QED) is 0.843. The standard InChI is InChI=1S/C14H11Br2NO2/c1-17(12-2-4-13(18)5-3-12)14(19)9-6-10(15)8-11(16)7-9/h2-8,18H,1H3. The van der Waals surface area contributed by atoms with Gasteiger partial charge in [0.25, 0.3) is 5.91 Å². The Morgan fingerprint density at radius 1 is 1.05 bits per heavy atom. The van der Waals surface area contributed by atoms with Gasteiger partial charge in [0.15, 0.2) is 0 Å². The number of amides is 1. The van der Waals surface area contributed by atoms with E-state index >= 15 is 0 Å². The predicted molar refractivity (Wildman–Crippen MR) is 82.7 cm³/mol. The fourth-order valence-corrected chi connectivity index (χ4v) is 2.96. The third-order valence-corrected chi connectivity index (χ3v) is 3.57. The molecule has 5 heteroatoms. The van der Waals surface area contributed by atoms with Crippen molar-refractivity contribution in [3.8, 4) is 5.75 Å². The minimum atomic E-state index is -0.118. The lowest BCUT2D eigenvalue weighted by Crippen LogP contribution is -2.26. The predicted octanol–water partition coefficient (Wildman–Crippen LogP) is 4.19. The Balaban J connectivity index is 2.30. The molecule has 0 fully saturated rings. The van der Waals surface area contributed by atoms with Crippen molar-refractivity contribution < 1.29 is 9.90 Å². The zero-order chi connectivity index (χ0) is 14.0. The molecule has 0 aliphatic rings. The van der Waals surface area contributed by atoms with E-state index in [1.807, 2.05) is 6.07 Å². The molecule has 0 radical (unpaired) electrons. The van der Waals surface area contributed by atoms with E-state index in [4.69, 9.17) is 0 Å². The van der Waals surface area contributed by atoms with Crippen molar-refractivity contribution in [2.24, 2.45) is 0 Å². The molecule has 0 heterocycles. The summed E-state index contributed by atoms with van der Waals surface area (Å²) < 4.78 is 1.67. The number of benzene rings is 2. The van der Waals surface area contributed by atoms with Crippen molar-refractivity contribution >= 4 is 43.5 Å². The summed E-state index contributed by atoms with van der Waals surface area (Å²) in [5, 5.41) is 9.25. The van der Waals surface area contributed by atoms with E-state index in [1.165, 1.54) is 4.90 Å². The van der Waals surface area contributed by atoms with E-state index in [-0.39, 0.29) is 11.7 Å². The monoisotopic (exact) mass is 383 g/mol. The Hall–Kier alpha value is -1.33. The van der Waals surface area contributed by atoms with Crippen LogP contribution in [-0.2, 0) is 0 Å². The average Bonchev–Trinajstić information content (AvgIpc) is 2.37. The van der Waals surface area contributed by atoms with Crippen LogP contribution in [0.15, 0.2) is 51.4 Å². The minimum absolute atomic E-state index is 0.118. The van der Waals surface area contributed by atoms with Crippen LogP contribution in [0.2, 0.25) is 0 Å². The first-order chi connectivity index (χ1) is 8.97. The molecule has 2 aromatic carbocycles. The van der Waals surface area contributed by atoms with Gasteiger partial charge in [0.1, 0.15) is 5.75 Å². The third-order valence-electron chi connectivity index (χ3n) is 2.65. The number of phenolic OH excluding ortho intramolecular Hbond substituents is 1. The number of nitrogens with zero attached hydrogens (tertiary/aromatic N) is 1. The highest BCUT2D eigenvalue weighted by molar-refractivity contribution is 9.11. The molecule has 98 valence electrons. The van der Waals surface area contributed by atoms with Crippen molar-refractivity contribution in [2.75, 3.05) is 11.9 Å². The Bertz CT molecular complexity index is 591. The van der Waals surface area contributed by atoms with Crippen LogP contribution in [-0.4, -0.2) is 18.1 Å². The minimum Gasteiger partial charge on any atom is -0.508 e. The lowest BCUT2D eigenvalue weighted by atomic mass is 10.2. The molecule has 0 aromatic heterocycles. The molecular formula is C14H11Br2NO2. The number of carbonyl (C=O) groups excluding carboxylic acids is 1. The van der Waals surface area contributed by atoms with Gasteiger partial charge in [0.05, 0.1) is 0 Å². The maximum Gasteiger partial charge on any atom is 0.258 e. The van der Waals surface area contributed by atoms with E-state index in [1.54, 1.807) is 43.4 Å². The summed E-state index contributed by atoms with van der Waals surface area (Å²) >= 11 is 6.72. The first-order valence-electron chi connectivity index (χ1n) is 5.50. The van der Waals surface area contributed by atoms with Crippen molar-refractivity contribution in [3.05, 3.63) is 57.0 Å². The molecule has 0 unspecified atom stereocenters. The molecule has 0 aliphatic carbocycles. The highest BCUT2D eigenvalue weighted by Gasteiger charge is 2.14. The van der Waals surface area contributed by atoms with Gasteiger partial charge in [-0.25, -0.2) is 0 Å². The molecule has 19 heavy (non-hydrogen) atoms. The number of carbonyl (C=O) groups is 1. The number of hydrogen-bond donors (Lipinski definition) is 1. The first-order valence-corrected chi connectivity index (χ1v) is 7.09. The van der Waals surface area contributed by atoms with E-state index in [0.717, 1.165) is 14.6 Å². The van der Waals surface area contributed by atoms with Crippen molar-refractivity contribution in [2.45, 2.75) is 0 Å². The fourth-order valence-electron chi connectivity index (χ4n) is 1.66. The topological polar surface area (TPSA) is 40.5 Å². The molecule has 0 saturated heterocycles. The Morgan fingerprint density at radius 3 is 2.11 bits per heavy atom. The SMILES string of the molecule is CN(C(=O)c1cc(Br)cc(Br)c1)c1ccc(O)cc1. The average molecular weight is 385 g/mol. The summed E-state index contributed by atoms with van der Waals surface area (Å²) in [6, 6.07) is 11.9. The molecular weight excluding hydrogens is 374 g/mol. The molecule has 3 nitrogen and oxygen atoms in total. The summed E-state index contributed by atoms with van der Waals surface area (Å²) in [5.74, 6) is 0.0579. The van der Waals surface area contributed by atoms with Gasteiger partial charge in [-0.05, 0) is 42.5 Å². The van der Waals surface area contributed by atoms with Gasteiger partial charge in [0, 0.05) is 27.2 Å². The Labute approximate surface area is 128 Å². The van der Waals surface area contributed by atoms with E-state index in [9.17, 15) is 9.90 Å². The number of aromatic hydroxyl groups is 1. The number of hydrogen-bond acceptors (Lipinski definition) is 2. The van der Waals surface area contributed by atoms with Gasteiger partial charge in [0.2, 0.25) is 0 Å². The fraction of sp³-hybridized carbons (Fsp3) is 0.0714. The molecule has 2 aromatic rings. The normalized spacial score (nSPS) is 10.3. The van der Waals surface area contributed by atoms with Crippen LogP contribution in [0.5, 0.6) is 5.75 Å².